The van der Waals surface area contributed by atoms with Gasteiger partial charge in [0.05, 0.1) is 29.6 Å². The summed E-state index contributed by atoms with van der Waals surface area (Å²) in [6.45, 7) is 11.1. The maximum absolute atomic E-state index is 8.96. The second-order valence-corrected chi connectivity index (χ2v) is 5.43. The van der Waals surface area contributed by atoms with Crippen molar-refractivity contribution in [2.24, 2.45) is 5.92 Å². The van der Waals surface area contributed by atoms with E-state index in [1.54, 1.807) is 0 Å². The number of anilines is 1. The van der Waals surface area contributed by atoms with E-state index in [-0.39, 0.29) is 5.92 Å². The summed E-state index contributed by atoms with van der Waals surface area (Å²) >= 11 is 0. The minimum atomic E-state index is 0.0271. The number of pyridine rings is 1. The summed E-state index contributed by atoms with van der Waals surface area (Å²) in [5.74, 6) is 0.0271. The van der Waals surface area contributed by atoms with Crippen molar-refractivity contribution >= 4 is 5.69 Å². The molecular formula is C17H28N4. The van der Waals surface area contributed by atoms with Gasteiger partial charge in [0.15, 0.2) is 0 Å². The summed E-state index contributed by atoms with van der Waals surface area (Å²) in [5, 5.41) is 12.5. The SMILES string of the molecule is CCCNC(CC)c1ccc(N(CC)CC(C)C#N)cn1. The predicted molar refractivity (Wildman–Crippen MR) is 88.2 cm³/mol. The average Bonchev–Trinajstić information content (AvgIpc) is 2.53. The Morgan fingerprint density at radius 2 is 2.10 bits per heavy atom. The first kappa shape index (κ1) is 17.5. The molecule has 1 aromatic heterocycles. The van der Waals surface area contributed by atoms with E-state index in [0.29, 0.717) is 6.04 Å². The Morgan fingerprint density at radius 1 is 1.33 bits per heavy atom. The van der Waals surface area contributed by atoms with Crippen LogP contribution in [0.4, 0.5) is 5.69 Å². The normalized spacial score (nSPS) is 13.5. The summed E-state index contributed by atoms with van der Waals surface area (Å²) in [6, 6.07) is 6.84. The minimum Gasteiger partial charge on any atom is -0.369 e. The Bertz CT molecular complexity index is 435. The number of nitrogens with one attached hydrogen (secondary N) is 1. The van der Waals surface area contributed by atoms with Gasteiger partial charge in [0, 0.05) is 19.1 Å². The molecule has 0 fully saturated rings. The topological polar surface area (TPSA) is 52.0 Å². The summed E-state index contributed by atoms with van der Waals surface area (Å²) < 4.78 is 0. The van der Waals surface area contributed by atoms with E-state index in [0.717, 1.165) is 43.9 Å². The molecule has 4 nitrogen and oxygen atoms in total. The van der Waals surface area contributed by atoms with Gasteiger partial charge in [0.2, 0.25) is 0 Å². The van der Waals surface area contributed by atoms with Crippen molar-refractivity contribution in [3.8, 4) is 6.07 Å². The molecule has 1 N–H and O–H groups in total. The van der Waals surface area contributed by atoms with Crippen LogP contribution >= 0.6 is 0 Å². The highest BCUT2D eigenvalue weighted by Crippen LogP contribution is 2.19. The van der Waals surface area contributed by atoms with Crippen LogP contribution in [0.2, 0.25) is 0 Å². The fourth-order valence-electron chi connectivity index (χ4n) is 2.36. The van der Waals surface area contributed by atoms with Crippen LogP contribution in [0.1, 0.15) is 52.3 Å². The smallest absolute Gasteiger partial charge is 0.0671 e. The van der Waals surface area contributed by atoms with Crippen molar-refractivity contribution in [1.82, 2.24) is 10.3 Å². The average molecular weight is 288 g/mol. The predicted octanol–water partition coefficient (Wildman–Crippen LogP) is 3.52. The van der Waals surface area contributed by atoms with E-state index in [9.17, 15) is 0 Å². The van der Waals surface area contributed by atoms with Crippen molar-refractivity contribution in [3.05, 3.63) is 24.0 Å². The van der Waals surface area contributed by atoms with Gasteiger partial charge in [-0.25, -0.2) is 0 Å². The quantitative estimate of drug-likeness (QED) is 0.755. The summed E-state index contributed by atoms with van der Waals surface area (Å²) in [7, 11) is 0. The van der Waals surface area contributed by atoms with Crippen LogP contribution in [0.15, 0.2) is 18.3 Å². The lowest BCUT2D eigenvalue weighted by atomic mass is 10.1. The fraction of sp³-hybridized carbons (Fsp3) is 0.647. The molecule has 1 aromatic rings. The summed E-state index contributed by atoms with van der Waals surface area (Å²) in [6.07, 6.45) is 4.10. The van der Waals surface area contributed by atoms with E-state index >= 15 is 0 Å². The lowest BCUT2D eigenvalue weighted by Gasteiger charge is -2.24. The zero-order valence-corrected chi connectivity index (χ0v) is 13.8. The van der Waals surface area contributed by atoms with E-state index in [1.165, 1.54) is 0 Å². The molecule has 0 aliphatic carbocycles. The molecule has 0 bridgehead atoms. The second-order valence-electron chi connectivity index (χ2n) is 5.43. The van der Waals surface area contributed by atoms with Gasteiger partial charge >= 0.3 is 0 Å². The number of hydrogen-bond acceptors (Lipinski definition) is 4. The fourth-order valence-corrected chi connectivity index (χ4v) is 2.36. The molecule has 116 valence electrons. The van der Waals surface area contributed by atoms with Crippen LogP contribution in [0.5, 0.6) is 0 Å². The molecule has 2 atom stereocenters. The molecule has 0 aliphatic rings. The van der Waals surface area contributed by atoms with Gasteiger partial charge in [-0.3, -0.25) is 4.98 Å². The second kappa shape index (κ2) is 9.36. The maximum Gasteiger partial charge on any atom is 0.0671 e. The van der Waals surface area contributed by atoms with Crippen LogP contribution < -0.4 is 10.2 Å². The van der Waals surface area contributed by atoms with Gasteiger partial charge in [-0.2, -0.15) is 5.26 Å². The molecule has 0 aliphatic heterocycles. The molecule has 0 radical (unpaired) electrons. The van der Waals surface area contributed by atoms with Crippen molar-refractivity contribution in [2.75, 3.05) is 24.5 Å². The highest BCUT2D eigenvalue weighted by atomic mass is 15.1. The van der Waals surface area contributed by atoms with Crippen LogP contribution in [0.3, 0.4) is 0 Å². The molecule has 2 unspecified atom stereocenters. The molecule has 0 saturated heterocycles. The standard InChI is InChI=1S/C17H28N4/c1-5-10-19-16(6-2)17-9-8-15(12-20-17)21(7-3)13-14(4)11-18/h8-9,12,14,16,19H,5-7,10,13H2,1-4H3. The highest BCUT2D eigenvalue weighted by Gasteiger charge is 2.12. The van der Waals surface area contributed by atoms with Gasteiger partial charge < -0.3 is 10.2 Å². The Morgan fingerprint density at radius 3 is 2.57 bits per heavy atom. The largest absolute Gasteiger partial charge is 0.369 e. The van der Waals surface area contributed by atoms with Gasteiger partial charge in [-0.05, 0) is 45.4 Å². The van der Waals surface area contributed by atoms with Crippen molar-refractivity contribution < 1.29 is 0 Å². The number of nitriles is 1. The summed E-state index contributed by atoms with van der Waals surface area (Å²) in [5.41, 5.74) is 2.19. The third-order valence-electron chi connectivity index (χ3n) is 3.64. The van der Waals surface area contributed by atoms with Crippen LogP contribution in [0, 0.1) is 17.2 Å². The molecule has 0 amide bonds. The molecule has 0 spiro atoms. The van der Waals surface area contributed by atoms with E-state index < -0.39 is 0 Å². The number of hydrogen-bond donors (Lipinski definition) is 1. The van der Waals surface area contributed by atoms with Crippen molar-refractivity contribution in [3.63, 3.8) is 0 Å². The number of rotatable bonds is 9. The van der Waals surface area contributed by atoms with Crippen LogP contribution in [0.25, 0.3) is 0 Å². The first-order valence-corrected chi connectivity index (χ1v) is 8.00. The van der Waals surface area contributed by atoms with E-state index in [4.69, 9.17) is 5.26 Å². The zero-order chi connectivity index (χ0) is 15.7. The van der Waals surface area contributed by atoms with Gasteiger partial charge in [0.1, 0.15) is 0 Å². The molecule has 1 heterocycles. The lowest BCUT2D eigenvalue weighted by molar-refractivity contribution is 0.507. The molecule has 0 aromatic carbocycles. The molecular weight excluding hydrogens is 260 g/mol. The highest BCUT2D eigenvalue weighted by molar-refractivity contribution is 5.45. The van der Waals surface area contributed by atoms with E-state index in [2.05, 4.69) is 54.2 Å². The van der Waals surface area contributed by atoms with Gasteiger partial charge in [-0.1, -0.05) is 13.8 Å². The Labute approximate surface area is 129 Å². The first-order valence-electron chi connectivity index (χ1n) is 8.00. The van der Waals surface area contributed by atoms with Crippen molar-refractivity contribution in [1.29, 1.82) is 5.26 Å². The first-order chi connectivity index (χ1) is 10.2. The Kier molecular flexibility index (Phi) is 7.78. The molecule has 21 heavy (non-hydrogen) atoms. The monoisotopic (exact) mass is 288 g/mol. The zero-order valence-electron chi connectivity index (χ0n) is 13.8. The maximum atomic E-state index is 8.96. The van der Waals surface area contributed by atoms with Gasteiger partial charge in [0.25, 0.3) is 0 Å². The Hall–Kier alpha value is -1.60. The third kappa shape index (κ3) is 5.35. The molecule has 4 heteroatoms. The van der Waals surface area contributed by atoms with E-state index in [1.807, 2.05) is 13.1 Å². The minimum absolute atomic E-state index is 0.0271. The lowest BCUT2D eigenvalue weighted by Crippen LogP contribution is -2.28. The van der Waals surface area contributed by atoms with Crippen LogP contribution in [-0.2, 0) is 0 Å². The third-order valence-corrected chi connectivity index (χ3v) is 3.64. The summed E-state index contributed by atoms with van der Waals surface area (Å²) in [4.78, 5) is 6.82. The number of aromatic nitrogens is 1. The Balaban J connectivity index is 2.77. The van der Waals surface area contributed by atoms with Crippen LogP contribution in [-0.4, -0.2) is 24.6 Å². The van der Waals surface area contributed by atoms with Crippen molar-refractivity contribution in [2.45, 2.75) is 46.6 Å². The molecule has 1 rings (SSSR count). The molecule has 0 saturated carbocycles. The number of nitrogens with zero attached hydrogens (tertiary/aromatic N) is 3. The van der Waals surface area contributed by atoms with Gasteiger partial charge in [-0.15, -0.1) is 0 Å².